The van der Waals surface area contributed by atoms with E-state index in [0.29, 0.717) is 0 Å². The van der Waals surface area contributed by atoms with Crippen molar-refractivity contribution in [3.05, 3.63) is 29.8 Å². The van der Waals surface area contributed by atoms with Gasteiger partial charge >= 0.3 is 6.18 Å². The number of carbonyl (C=O) groups is 2. The van der Waals surface area contributed by atoms with Crippen LogP contribution in [-0.4, -0.2) is 43.8 Å². The van der Waals surface area contributed by atoms with E-state index < -0.39 is 41.1 Å². The summed E-state index contributed by atoms with van der Waals surface area (Å²) in [7, 11) is -4.20. The molecule has 0 saturated carbocycles. The molecule has 0 atom stereocenters. The topological polar surface area (TPSA) is 83.6 Å². The Morgan fingerprint density at radius 1 is 1.24 bits per heavy atom. The van der Waals surface area contributed by atoms with Crippen molar-refractivity contribution in [1.29, 1.82) is 0 Å². The Balaban J connectivity index is 2.16. The van der Waals surface area contributed by atoms with E-state index in [9.17, 15) is 31.2 Å². The molecule has 0 radical (unpaired) electrons. The SMILES string of the molecule is O=C(CN1C(=O)c2ccccc2S1(=O)=O)NCC(F)(F)F. The van der Waals surface area contributed by atoms with Crippen molar-refractivity contribution in [2.75, 3.05) is 13.1 Å². The van der Waals surface area contributed by atoms with Crippen LogP contribution in [0.15, 0.2) is 29.2 Å². The molecule has 0 spiro atoms. The molecule has 1 aliphatic rings. The molecule has 6 nitrogen and oxygen atoms in total. The Morgan fingerprint density at radius 3 is 2.43 bits per heavy atom. The molecule has 21 heavy (non-hydrogen) atoms. The lowest BCUT2D eigenvalue weighted by atomic mass is 10.2. The van der Waals surface area contributed by atoms with E-state index in [1.54, 1.807) is 0 Å². The fourth-order valence-electron chi connectivity index (χ4n) is 1.77. The van der Waals surface area contributed by atoms with Gasteiger partial charge in [0.1, 0.15) is 18.0 Å². The monoisotopic (exact) mass is 322 g/mol. The van der Waals surface area contributed by atoms with Gasteiger partial charge in [-0.15, -0.1) is 0 Å². The smallest absolute Gasteiger partial charge is 0.345 e. The highest BCUT2D eigenvalue weighted by atomic mass is 32.2. The van der Waals surface area contributed by atoms with Crippen LogP contribution in [0.25, 0.3) is 0 Å². The largest absolute Gasteiger partial charge is 0.405 e. The Kier molecular flexibility index (Phi) is 3.66. The number of hydrogen-bond donors (Lipinski definition) is 1. The second kappa shape index (κ2) is 5.02. The van der Waals surface area contributed by atoms with Gasteiger partial charge in [0.05, 0.1) is 5.56 Å². The zero-order valence-corrected chi connectivity index (χ0v) is 11.2. The number of amides is 2. The van der Waals surface area contributed by atoms with Crippen molar-refractivity contribution >= 4 is 21.8 Å². The lowest BCUT2D eigenvalue weighted by molar-refractivity contribution is -0.138. The summed E-state index contributed by atoms with van der Waals surface area (Å²) >= 11 is 0. The van der Waals surface area contributed by atoms with Crippen LogP contribution in [0.3, 0.4) is 0 Å². The Labute approximate surface area is 117 Å². The van der Waals surface area contributed by atoms with Crippen LogP contribution in [0.4, 0.5) is 13.2 Å². The number of alkyl halides is 3. The molecule has 0 aromatic heterocycles. The quantitative estimate of drug-likeness (QED) is 0.879. The average molecular weight is 322 g/mol. The minimum atomic E-state index is -4.62. The van der Waals surface area contributed by atoms with Crippen molar-refractivity contribution in [2.24, 2.45) is 0 Å². The first kappa shape index (κ1) is 15.3. The van der Waals surface area contributed by atoms with Crippen LogP contribution in [0.1, 0.15) is 10.4 Å². The number of halogens is 3. The Bertz CT molecular complexity index is 700. The molecule has 0 bridgehead atoms. The van der Waals surface area contributed by atoms with Crippen LogP contribution in [0.5, 0.6) is 0 Å². The van der Waals surface area contributed by atoms with E-state index in [2.05, 4.69) is 0 Å². The number of nitrogens with zero attached hydrogens (tertiary/aromatic N) is 1. The van der Waals surface area contributed by atoms with Gasteiger partial charge in [0.2, 0.25) is 5.91 Å². The highest BCUT2D eigenvalue weighted by Gasteiger charge is 2.42. The van der Waals surface area contributed by atoms with Crippen molar-refractivity contribution in [3.63, 3.8) is 0 Å². The van der Waals surface area contributed by atoms with E-state index in [4.69, 9.17) is 0 Å². The Hall–Kier alpha value is -2.10. The number of carbonyl (C=O) groups excluding carboxylic acids is 2. The summed E-state index contributed by atoms with van der Waals surface area (Å²) in [5.74, 6) is -2.15. The summed E-state index contributed by atoms with van der Waals surface area (Å²) in [6.45, 7) is -2.59. The van der Waals surface area contributed by atoms with Gasteiger partial charge in [-0.05, 0) is 12.1 Å². The summed E-state index contributed by atoms with van der Waals surface area (Å²) in [6.07, 6.45) is -4.62. The maximum absolute atomic E-state index is 12.0. The van der Waals surface area contributed by atoms with Crippen LogP contribution >= 0.6 is 0 Å². The van der Waals surface area contributed by atoms with Crippen molar-refractivity contribution in [3.8, 4) is 0 Å². The number of sulfonamides is 1. The fraction of sp³-hybridized carbons (Fsp3) is 0.273. The minimum Gasteiger partial charge on any atom is -0.345 e. The number of rotatable bonds is 3. The third-order valence-electron chi connectivity index (χ3n) is 2.69. The van der Waals surface area contributed by atoms with E-state index in [1.807, 2.05) is 0 Å². The predicted octanol–water partition coefficient (Wildman–Crippen LogP) is 0.510. The van der Waals surface area contributed by atoms with Crippen LogP contribution < -0.4 is 5.32 Å². The first-order valence-corrected chi connectivity index (χ1v) is 7.06. The van der Waals surface area contributed by atoms with Crippen LogP contribution in [-0.2, 0) is 14.8 Å². The van der Waals surface area contributed by atoms with Gasteiger partial charge in [-0.2, -0.15) is 13.2 Å². The van der Waals surface area contributed by atoms with E-state index >= 15 is 0 Å². The van der Waals surface area contributed by atoms with Crippen molar-refractivity contribution < 1.29 is 31.2 Å². The lowest BCUT2D eigenvalue weighted by Crippen LogP contribution is -2.43. The second-order valence-corrected chi connectivity index (χ2v) is 6.04. The normalized spacial score (nSPS) is 16.7. The molecule has 2 rings (SSSR count). The zero-order valence-electron chi connectivity index (χ0n) is 10.3. The lowest BCUT2D eigenvalue weighted by Gasteiger charge is -2.15. The number of hydrogen-bond acceptors (Lipinski definition) is 4. The molecule has 114 valence electrons. The fourth-order valence-corrected chi connectivity index (χ4v) is 3.30. The summed E-state index contributed by atoms with van der Waals surface area (Å²) in [5, 5.41) is 1.51. The van der Waals surface area contributed by atoms with Crippen LogP contribution in [0, 0.1) is 0 Å². The standard InChI is InChI=1S/C11H9F3N2O4S/c12-11(13,14)6-15-9(17)5-16-10(18)7-3-1-2-4-8(7)21(16,19)20/h1-4H,5-6H2,(H,15,17). The zero-order chi connectivity index (χ0) is 15.8. The first-order chi connectivity index (χ1) is 9.63. The van der Waals surface area contributed by atoms with Gasteiger partial charge < -0.3 is 5.32 Å². The third kappa shape index (κ3) is 2.99. The number of nitrogens with one attached hydrogen (secondary N) is 1. The molecule has 10 heteroatoms. The highest BCUT2D eigenvalue weighted by Crippen LogP contribution is 2.29. The maximum atomic E-state index is 12.0. The maximum Gasteiger partial charge on any atom is 0.405 e. The van der Waals surface area contributed by atoms with Gasteiger partial charge in [-0.1, -0.05) is 12.1 Å². The molecular weight excluding hydrogens is 313 g/mol. The molecule has 1 aromatic carbocycles. The number of benzene rings is 1. The summed E-state index contributed by atoms with van der Waals surface area (Å²) in [6, 6.07) is 5.30. The summed E-state index contributed by atoms with van der Waals surface area (Å²) in [4.78, 5) is 23.0. The van der Waals surface area contributed by atoms with E-state index in [1.165, 1.54) is 29.6 Å². The molecule has 0 fully saturated rings. The molecule has 0 saturated heterocycles. The van der Waals surface area contributed by atoms with Gasteiger partial charge in [-0.25, -0.2) is 12.7 Å². The van der Waals surface area contributed by atoms with Gasteiger partial charge in [0, 0.05) is 0 Å². The summed E-state index contributed by atoms with van der Waals surface area (Å²) < 4.78 is 60.2. The van der Waals surface area contributed by atoms with Crippen molar-refractivity contribution in [1.82, 2.24) is 9.62 Å². The van der Waals surface area contributed by atoms with Crippen molar-refractivity contribution in [2.45, 2.75) is 11.1 Å². The van der Waals surface area contributed by atoms with E-state index in [-0.39, 0.29) is 14.8 Å². The van der Waals surface area contributed by atoms with Gasteiger partial charge in [-0.3, -0.25) is 9.59 Å². The molecular formula is C11H9F3N2O4S. The molecule has 1 heterocycles. The number of fused-ring (bicyclic) bond motifs is 1. The van der Waals surface area contributed by atoms with Gasteiger partial charge in [0.25, 0.3) is 15.9 Å². The second-order valence-electron chi connectivity index (χ2n) is 4.20. The van der Waals surface area contributed by atoms with E-state index in [0.717, 1.165) is 0 Å². The predicted molar refractivity (Wildman–Crippen MR) is 63.7 cm³/mol. The molecule has 1 N–H and O–H groups in total. The molecule has 1 aromatic rings. The van der Waals surface area contributed by atoms with Crippen LogP contribution in [0.2, 0.25) is 0 Å². The highest BCUT2D eigenvalue weighted by molar-refractivity contribution is 7.90. The van der Waals surface area contributed by atoms with Gasteiger partial charge in [0.15, 0.2) is 0 Å². The Morgan fingerprint density at radius 2 is 1.86 bits per heavy atom. The first-order valence-electron chi connectivity index (χ1n) is 5.62. The molecule has 0 aliphatic carbocycles. The molecule has 2 amide bonds. The molecule has 0 unspecified atom stereocenters. The summed E-state index contributed by atoms with van der Waals surface area (Å²) in [5.41, 5.74) is -0.110. The third-order valence-corrected chi connectivity index (χ3v) is 4.47. The molecule has 1 aliphatic heterocycles. The minimum absolute atomic E-state index is 0.110. The average Bonchev–Trinajstić information content (AvgIpc) is 2.58.